The number of fused-ring (bicyclic) bond motifs is 1. The molecule has 1 aliphatic rings. The average molecular weight is 337 g/mol. The Balaban J connectivity index is 1.81. The molecule has 2 atom stereocenters. The smallest absolute Gasteiger partial charge is 0.312 e. The second-order valence-corrected chi connectivity index (χ2v) is 6.67. The van der Waals surface area contributed by atoms with E-state index in [0.717, 1.165) is 23.2 Å². The van der Waals surface area contributed by atoms with Crippen LogP contribution in [-0.2, 0) is 9.59 Å². The zero-order chi connectivity index (χ0) is 18.0. The van der Waals surface area contributed by atoms with E-state index >= 15 is 0 Å². The Bertz CT molecular complexity index is 782. The van der Waals surface area contributed by atoms with Crippen molar-refractivity contribution in [2.75, 3.05) is 11.4 Å². The monoisotopic (exact) mass is 337 g/mol. The lowest BCUT2D eigenvalue weighted by atomic mass is 9.92. The number of amides is 1. The number of aliphatic carboxylic acids is 1. The van der Waals surface area contributed by atoms with Crippen LogP contribution >= 0.6 is 0 Å². The SMILES string of the molecule is CCC(CC(=O)N1CC(C(=O)O)c2ccccc21)c1ccc(C)cc1. The Morgan fingerprint density at radius 3 is 2.48 bits per heavy atom. The van der Waals surface area contributed by atoms with Crippen LogP contribution in [0.15, 0.2) is 48.5 Å². The van der Waals surface area contributed by atoms with Crippen LogP contribution in [0.1, 0.15) is 48.3 Å². The van der Waals surface area contributed by atoms with Crippen LogP contribution < -0.4 is 4.90 Å². The van der Waals surface area contributed by atoms with E-state index in [9.17, 15) is 14.7 Å². The molecular formula is C21H23NO3. The minimum absolute atomic E-state index is 0.0105. The van der Waals surface area contributed by atoms with E-state index < -0.39 is 11.9 Å². The Morgan fingerprint density at radius 1 is 1.16 bits per heavy atom. The summed E-state index contributed by atoms with van der Waals surface area (Å²) in [5, 5.41) is 9.45. The lowest BCUT2D eigenvalue weighted by molar-refractivity contribution is -0.138. The highest BCUT2D eigenvalue weighted by Gasteiger charge is 2.36. The lowest BCUT2D eigenvalue weighted by Gasteiger charge is -2.22. The molecule has 0 spiro atoms. The largest absolute Gasteiger partial charge is 0.481 e. The van der Waals surface area contributed by atoms with Crippen molar-refractivity contribution in [3.63, 3.8) is 0 Å². The van der Waals surface area contributed by atoms with Crippen LogP contribution in [0.2, 0.25) is 0 Å². The van der Waals surface area contributed by atoms with Crippen LogP contribution in [-0.4, -0.2) is 23.5 Å². The summed E-state index contributed by atoms with van der Waals surface area (Å²) in [6.45, 7) is 4.34. The number of rotatable bonds is 5. The molecular weight excluding hydrogens is 314 g/mol. The van der Waals surface area contributed by atoms with Crippen LogP contribution in [0.5, 0.6) is 0 Å². The topological polar surface area (TPSA) is 57.6 Å². The molecule has 2 unspecified atom stereocenters. The highest BCUT2D eigenvalue weighted by molar-refractivity contribution is 5.99. The van der Waals surface area contributed by atoms with Crippen molar-refractivity contribution >= 4 is 17.6 Å². The first-order valence-electron chi connectivity index (χ1n) is 8.70. The van der Waals surface area contributed by atoms with E-state index in [4.69, 9.17) is 0 Å². The summed E-state index contributed by atoms with van der Waals surface area (Å²) >= 11 is 0. The van der Waals surface area contributed by atoms with Gasteiger partial charge in [-0.2, -0.15) is 0 Å². The Morgan fingerprint density at radius 2 is 1.84 bits per heavy atom. The van der Waals surface area contributed by atoms with Gasteiger partial charge in [0, 0.05) is 18.7 Å². The van der Waals surface area contributed by atoms with Gasteiger partial charge in [0.2, 0.25) is 5.91 Å². The van der Waals surface area contributed by atoms with Crippen LogP contribution in [0.25, 0.3) is 0 Å². The number of para-hydroxylation sites is 1. The zero-order valence-electron chi connectivity index (χ0n) is 14.6. The molecule has 2 aromatic rings. The van der Waals surface area contributed by atoms with Gasteiger partial charge < -0.3 is 10.0 Å². The Kier molecular flexibility index (Phi) is 4.88. The molecule has 0 bridgehead atoms. The number of aryl methyl sites for hydroxylation is 1. The van der Waals surface area contributed by atoms with Gasteiger partial charge in [0.05, 0.1) is 0 Å². The maximum Gasteiger partial charge on any atom is 0.312 e. The number of carbonyl (C=O) groups excluding carboxylic acids is 1. The maximum absolute atomic E-state index is 12.9. The number of carboxylic acids is 1. The first-order chi connectivity index (χ1) is 12.0. The molecule has 0 radical (unpaired) electrons. The third-order valence-electron chi connectivity index (χ3n) is 5.03. The standard InChI is InChI=1S/C21H23NO3/c1-3-15(16-10-8-14(2)9-11-16)12-20(23)22-13-18(21(24)25)17-6-4-5-7-19(17)22/h4-11,15,18H,3,12-13H2,1-2H3,(H,24,25). The second kappa shape index (κ2) is 7.09. The average Bonchev–Trinajstić information content (AvgIpc) is 3.00. The number of anilines is 1. The molecule has 130 valence electrons. The minimum Gasteiger partial charge on any atom is -0.481 e. The van der Waals surface area contributed by atoms with Crippen LogP contribution in [0, 0.1) is 6.92 Å². The van der Waals surface area contributed by atoms with Gasteiger partial charge in [-0.3, -0.25) is 9.59 Å². The van der Waals surface area contributed by atoms with E-state index in [1.54, 1.807) is 11.0 Å². The van der Waals surface area contributed by atoms with E-state index in [-0.39, 0.29) is 18.4 Å². The molecule has 3 rings (SSSR count). The number of benzene rings is 2. The number of carboxylic acid groups (broad SMARTS) is 1. The Hall–Kier alpha value is -2.62. The summed E-state index contributed by atoms with van der Waals surface area (Å²) < 4.78 is 0. The lowest BCUT2D eigenvalue weighted by Crippen LogP contribution is -2.32. The van der Waals surface area contributed by atoms with Crippen molar-refractivity contribution < 1.29 is 14.7 Å². The summed E-state index contributed by atoms with van der Waals surface area (Å²) in [5.41, 5.74) is 3.82. The van der Waals surface area contributed by atoms with Gasteiger partial charge in [-0.25, -0.2) is 0 Å². The third-order valence-corrected chi connectivity index (χ3v) is 5.03. The maximum atomic E-state index is 12.9. The van der Waals surface area contributed by atoms with Gasteiger partial charge in [0.1, 0.15) is 5.92 Å². The molecule has 0 fully saturated rings. The molecule has 4 heteroatoms. The van der Waals surface area contributed by atoms with Gasteiger partial charge in [-0.15, -0.1) is 0 Å². The van der Waals surface area contributed by atoms with Crippen LogP contribution in [0.3, 0.4) is 0 Å². The number of hydrogen-bond acceptors (Lipinski definition) is 2. The molecule has 1 amide bonds. The van der Waals surface area contributed by atoms with Crippen molar-refractivity contribution in [2.45, 2.75) is 38.5 Å². The number of hydrogen-bond donors (Lipinski definition) is 1. The predicted octanol–water partition coefficient (Wildman–Crippen LogP) is 4.09. The Labute approximate surface area is 148 Å². The first-order valence-corrected chi connectivity index (χ1v) is 8.70. The predicted molar refractivity (Wildman–Crippen MR) is 98.0 cm³/mol. The molecule has 1 heterocycles. The molecule has 1 N–H and O–H groups in total. The normalized spacial score (nSPS) is 17.2. The van der Waals surface area contributed by atoms with Crippen molar-refractivity contribution in [3.8, 4) is 0 Å². The quantitative estimate of drug-likeness (QED) is 0.894. The molecule has 0 saturated heterocycles. The van der Waals surface area contributed by atoms with Crippen molar-refractivity contribution in [1.82, 2.24) is 0 Å². The second-order valence-electron chi connectivity index (χ2n) is 6.67. The van der Waals surface area contributed by atoms with Crippen molar-refractivity contribution in [3.05, 3.63) is 65.2 Å². The molecule has 1 aliphatic heterocycles. The highest BCUT2D eigenvalue weighted by Crippen LogP contribution is 2.37. The minimum atomic E-state index is -0.881. The molecule has 0 aliphatic carbocycles. The van der Waals surface area contributed by atoms with Gasteiger partial charge in [0.15, 0.2) is 0 Å². The summed E-state index contributed by atoms with van der Waals surface area (Å²) in [6.07, 6.45) is 1.26. The number of carbonyl (C=O) groups is 2. The van der Waals surface area contributed by atoms with Crippen molar-refractivity contribution in [1.29, 1.82) is 0 Å². The van der Waals surface area contributed by atoms with E-state index in [0.29, 0.717) is 6.42 Å². The van der Waals surface area contributed by atoms with Gasteiger partial charge in [-0.1, -0.05) is 55.0 Å². The molecule has 4 nitrogen and oxygen atoms in total. The summed E-state index contributed by atoms with van der Waals surface area (Å²) in [4.78, 5) is 26.1. The van der Waals surface area contributed by atoms with Gasteiger partial charge >= 0.3 is 5.97 Å². The fraction of sp³-hybridized carbons (Fsp3) is 0.333. The summed E-state index contributed by atoms with van der Waals surface area (Å²) in [7, 11) is 0. The summed E-state index contributed by atoms with van der Waals surface area (Å²) in [6, 6.07) is 15.6. The molecule has 0 saturated carbocycles. The zero-order valence-corrected chi connectivity index (χ0v) is 14.6. The van der Waals surface area contributed by atoms with Gasteiger partial charge in [0.25, 0.3) is 0 Å². The third kappa shape index (κ3) is 3.43. The molecule has 25 heavy (non-hydrogen) atoms. The van der Waals surface area contributed by atoms with Crippen LogP contribution in [0.4, 0.5) is 5.69 Å². The highest BCUT2D eigenvalue weighted by atomic mass is 16.4. The number of nitrogens with zero attached hydrogens (tertiary/aromatic N) is 1. The first kappa shape index (κ1) is 17.2. The summed E-state index contributed by atoms with van der Waals surface area (Å²) in [5.74, 6) is -1.39. The fourth-order valence-electron chi connectivity index (χ4n) is 3.51. The fourth-order valence-corrected chi connectivity index (χ4v) is 3.51. The van der Waals surface area contributed by atoms with E-state index in [1.165, 1.54) is 5.56 Å². The van der Waals surface area contributed by atoms with Crippen molar-refractivity contribution in [2.24, 2.45) is 0 Å². The molecule has 0 aromatic heterocycles. The molecule has 2 aromatic carbocycles. The van der Waals surface area contributed by atoms with Gasteiger partial charge in [-0.05, 0) is 36.5 Å². The van der Waals surface area contributed by atoms with E-state index in [2.05, 4.69) is 31.2 Å². The van der Waals surface area contributed by atoms with E-state index in [1.807, 2.05) is 25.1 Å².